The Morgan fingerprint density at radius 1 is 0.571 bits per heavy atom. The predicted octanol–water partition coefficient (Wildman–Crippen LogP) is 7.26. The topological polar surface area (TPSA) is 65.4 Å². The van der Waals surface area contributed by atoms with E-state index in [0.717, 1.165) is 49.9 Å². The Kier molecular flexibility index (Phi) is 4.84. The molecule has 0 amide bonds. The Morgan fingerprint density at radius 3 is 2.17 bits per heavy atom. The molecule has 6 aromatic rings. The summed E-state index contributed by atoms with van der Waals surface area (Å²) in [7, 11) is 0. The first kappa shape index (κ1) is 20.4. The maximum Gasteiger partial charge on any atom is 0.141 e. The van der Waals surface area contributed by atoms with Gasteiger partial charge in [-0.25, -0.2) is 4.98 Å². The third-order valence-corrected chi connectivity index (χ3v) is 6.26. The van der Waals surface area contributed by atoms with Gasteiger partial charge in [0.25, 0.3) is 0 Å². The van der Waals surface area contributed by atoms with Crippen molar-refractivity contribution in [1.82, 2.24) is 9.55 Å². The lowest BCUT2D eigenvalue weighted by atomic mass is 10.0. The highest BCUT2D eigenvalue weighted by Gasteiger charge is 2.13. The van der Waals surface area contributed by atoms with E-state index < -0.39 is 0 Å². The molecule has 0 atom stereocenters. The molecule has 2 aromatic heterocycles. The Bertz CT molecular complexity index is 1830. The molecule has 0 saturated heterocycles. The van der Waals surface area contributed by atoms with E-state index in [0.29, 0.717) is 11.3 Å². The third-order valence-electron chi connectivity index (χ3n) is 6.26. The molecule has 0 saturated carbocycles. The van der Waals surface area contributed by atoms with Gasteiger partial charge in [-0.1, -0.05) is 54.6 Å². The maximum atomic E-state index is 9.41. The molecular formula is C31H18N4. The van der Waals surface area contributed by atoms with Crippen LogP contribution >= 0.6 is 0 Å². The quantitative estimate of drug-likeness (QED) is 0.287. The van der Waals surface area contributed by atoms with E-state index in [9.17, 15) is 10.5 Å². The van der Waals surface area contributed by atoms with Crippen molar-refractivity contribution in [3.8, 4) is 40.2 Å². The second-order valence-electron chi connectivity index (χ2n) is 8.35. The molecule has 4 nitrogen and oxygen atoms in total. The van der Waals surface area contributed by atoms with Crippen LogP contribution in [0.25, 0.3) is 49.9 Å². The summed E-state index contributed by atoms with van der Waals surface area (Å²) in [6, 6.07) is 40.7. The molecule has 2 heterocycles. The summed E-state index contributed by atoms with van der Waals surface area (Å²) in [6.07, 6.45) is 0. The normalized spacial score (nSPS) is 10.8. The molecule has 0 aliphatic rings. The lowest BCUT2D eigenvalue weighted by Gasteiger charge is -2.11. The largest absolute Gasteiger partial charge is 0.309 e. The Morgan fingerprint density at radius 2 is 1.31 bits per heavy atom. The zero-order chi connectivity index (χ0) is 23.8. The van der Waals surface area contributed by atoms with Crippen molar-refractivity contribution in [2.75, 3.05) is 0 Å². The van der Waals surface area contributed by atoms with Gasteiger partial charge < -0.3 is 4.57 Å². The maximum absolute atomic E-state index is 9.41. The molecule has 0 fully saturated rings. The molecule has 0 radical (unpaired) electrons. The second-order valence-corrected chi connectivity index (χ2v) is 8.35. The van der Waals surface area contributed by atoms with Crippen molar-refractivity contribution in [3.63, 3.8) is 0 Å². The van der Waals surface area contributed by atoms with Gasteiger partial charge in [-0.05, 0) is 65.7 Å². The highest BCUT2D eigenvalue weighted by atomic mass is 15.0. The average molecular weight is 447 g/mol. The van der Waals surface area contributed by atoms with Crippen molar-refractivity contribution in [2.24, 2.45) is 0 Å². The Hall–Kier alpha value is -5.19. The number of nitriles is 2. The van der Waals surface area contributed by atoms with Crippen LogP contribution in [0.1, 0.15) is 11.3 Å². The van der Waals surface area contributed by atoms with Gasteiger partial charge in [0.15, 0.2) is 0 Å². The molecular weight excluding hydrogens is 428 g/mol. The molecule has 0 aliphatic heterocycles. The Balaban J connectivity index is 1.51. The summed E-state index contributed by atoms with van der Waals surface area (Å²) in [4.78, 5) is 4.45. The molecule has 4 aromatic carbocycles. The van der Waals surface area contributed by atoms with Gasteiger partial charge >= 0.3 is 0 Å². The molecule has 0 spiro atoms. The minimum atomic E-state index is 0.404. The number of nitrogens with zero attached hydrogens (tertiary/aromatic N) is 4. The number of fused-ring (bicyclic) bond motifs is 3. The molecule has 0 bridgehead atoms. The van der Waals surface area contributed by atoms with E-state index in [1.165, 1.54) is 0 Å². The SMILES string of the molecule is N#Cc1ccc2c(c1)c1ccccc1n2-c1cccc(-c2cccc(-c3cccc(C#N)n3)c2)c1. The number of para-hydroxylation sites is 1. The molecule has 35 heavy (non-hydrogen) atoms. The number of hydrogen-bond donors (Lipinski definition) is 0. The van der Waals surface area contributed by atoms with E-state index in [1.54, 1.807) is 6.07 Å². The van der Waals surface area contributed by atoms with Crippen LogP contribution in [0.3, 0.4) is 0 Å². The van der Waals surface area contributed by atoms with Crippen LogP contribution in [0, 0.1) is 22.7 Å². The van der Waals surface area contributed by atoms with Crippen molar-refractivity contribution < 1.29 is 0 Å². The fourth-order valence-electron chi connectivity index (χ4n) is 4.66. The van der Waals surface area contributed by atoms with E-state index in [2.05, 4.69) is 70.2 Å². The zero-order valence-corrected chi connectivity index (χ0v) is 18.7. The van der Waals surface area contributed by atoms with E-state index >= 15 is 0 Å². The van der Waals surface area contributed by atoms with Crippen LogP contribution in [-0.4, -0.2) is 9.55 Å². The third kappa shape index (κ3) is 3.51. The smallest absolute Gasteiger partial charge is 0.141 e. The van der Waals surface area contributed by atoms with Crippen molar-refractivity contribution in [3.05, 3.63) is 120 Å². The molecule has 0 aliphatic carbocycles. The lowest BCUT2D eigenvalue weighted by molar-refractivity contribution is 1.18. The number of aromatic nitrogens is 2. The first-order chi connectivity index (χ1) is 17.2. The minimum absolute atomic E-state index is 0.404. The van der Waals surface area contributed by atoms with Crippen LogP contribution in [0.4, 0.5) is 0 Å². The summed E-state index contributed by atoms with van der Waals surface area (Å²) >= 11 is 0. The summed E-state index contributed by atoms with van der Waals surface area (Å²) in [5.41, 5.74) is 8.16. The van der Waals surface area contributed by atoms with Crippen LogP contribution in [0.5, 0.6) is 0 Å². The number of rotatable bonds is 3. The molecule has 0 unspecified atom stereocenters. The lowest BCUT2D eigenvalue weighted by Crippen LogP contribution is -1.94. The summed E-state index contributed by atoms with van der Waals surface area (Å²) in [5, 5.41) is 20.8. The second kappa shape index (κ2) is 8.30. The minimum Gasteiger partial charge on any atom is -0.309 e. The van der Waals surface area contributed by atoms with Crippen LogP contribution in [0.15, 0.2) is 109 Å². The molecule has 0 N–H and O–H groups in total. The fourth-order valence-corrected chi connectivity index (χ4v) is 4.66. The fraction of sp³-hybridized carbons (Fsp3) is 0. The van der Waals surface area contributed by atoms with Crippen molar-refractivity contribution in [1.29, 1.82) is 10.5 Å². The average Bonchev–Trinajstić information content (AvgIpc) is 3.27. The Labute approximate surface area is 202 Å². The van der Waals surface area contributed by atoms with E-state index in [-0.39, 0.29) is 0 Å². The van der Waals surface area contributed by atoms with Gasteiger partial charge in [0.2, 0.25) is 0 Å². The standard InChI is InChI=1S/C31H18N4/c32-19-21-14-15-31-28(16-21)27-11-1-2-13-30(27)35(31)26-10-4-7-23(18-26)22-6-3-8-24(17-22)29-12-5-9-25(20-33)34-29/h1-18H. The monoisotopic (exact) mass is 446 g/mol. The zero-order valence-electron chi connectivity index (χ0n) is 18.7. The van der Waals surface area contributed by atoms with Gasteiger partial charge in [0.1, 0.15) is 11.8 Å². The van der Waals surface area contributed by atoms with Gasteiger partial charge in [-0.15, -0.1) is 0 Å². The van der Waals surface area contributed by atoms with Crippen LogP contribution in [-0.2, 0) is 0 Å². The van der Waals surface area contributed by atoms with Gasteiger partial charge in [-0.2, -0.15) is 10.5 Å². The first-order valence-corrected chi connectivity index (χ1v) is 11.3. The number of hydrogen-bond acceptors (Lipinski definition) is 3. The van der Waals surface area contributed by atoms with Crippen molar-refractivity contribution >= 4 is 21.8 Å². The van der Waals surface area contributed by atoms with Gasteiger partial charge in [-0.3, -0.25) is 0 Å². The summed E-state index contributed by atoms with van der Waals surface area (Å²) in [5.74, 6) is 0. The van der Waals surface area contributed by atoms with E-state index in [1.807, 2.05) is 54.6 Å². The van der Waals surface area contributed by atoms with Gasteiger partial charge in [0, 0.05) is 22.0 Å². The van der Waals surface area contributed by atoms with E-state index in [4.69, 9.17) is 0 Å². The molecule has 4 heteroatoms. The predicted molar refractivity (Wildman–Crippen MR) is 139 cm³/mol. The van der Waals surface area contributed by atoms with Crippen molar-refractivity contribution in [2.45, 2.75) is 0 Å². The number of pyridine rings is 1. The highest BCUT2D eigenvalue weighted by molar-refractivity contribution is 6.09. The van der Waals surface area contributed by atoms with Gasteiger partial charge in [0.05, 0.1) is 28.4 Å². The highest BCUT2D eigenvalue weighted by Crippen LogP contribution is 2.34. The van der Waals surface area contributed by atoms with Crippen LogP contribution < -0.4 is 0 Å². The molecule has 162 valence electrons. The first-order valence-electron chi connectivity index (χ1n) is 11.3. The molecule has 6 rings (SSSR count). The summed E-state index contributed by atoms with van der Waals surface area (Å²) < 4.78 is 2.25. The van der Waals surface area contributed by atoms with Crippen LogP contribution in [0.2, 0.25) is 0 Å². The number of benzene rings is 4. The summed E-state index contributed by atoms with van der Waals surface area (Å²) in [6.45, 7) is 0.